The maximum atomic E-state index is 13.7. The summed E-state index contributed by atoms with van der Waals surface area (Å²) in [5, 5.41) is 20.3. The molecule has 3 amide bonds. The summed E-state index contributed by atoms with van der Waals surface area (Å²) in [7, 11) is 0. The molecule has 4 rings (SSSR count). The first kappa shape index (κ1) is 57.6. The quantitative estimate of drug-likeness (QED) is 0.0538. The number of hydrogen-bond acceptors (Lipinski definition) is 14. The SMILES string of the molecule is CCN(C(=O)Cn1c(C(=O)NC2CCC(CNCCCCCC(=O)NCCOCCOCCOCCOCCOCCOCCOCCOCCC(=O)O)CC2)cc2sccc21)c1cccc(C)c1. The largest absolute Gasteiger partial charge is 0.481 e. The van der Waals surface area contributed by atoms with Crippen molar-refractivity contribution in [1.82, 2.24) is 20.5 Å². The molecule has 388 valence electrons. The molecule has 0 unspecified atom stereocenters. The number of unbranched alkanes of at least 4 members (excludes halogenated alkanes) is 2. The number of carbonyl (C=O) groups is 4. The summed E-state index contributed by atoms with van der Waals surface area (Å²) in [6, 6.07) is 12.0. The molecular formula is C50H79N5O13S. The zero-order valence-corrected chi connectivity index (χ0v) is 41.9. The summed E-state index contributed by atoms with van der Waals surface area (Å²) in [5.41, 5.74) is 3.41. The molecule has 0 radical (unpaired) electrons. The van der Waals surface area contributed by atoms with Gasteiger partial charge in [-0.2, -0.15) is 0 Å². The number of ether oxygens (including phenoxy) is 8. The summed E-state index contributed by atoms with van der Waals surface area (Å²) in [6.45, 7) is 13.9. The van der Waals surface area contributed by atoms with Crippen LogP contribution in [0.5, 0.6) is 0 Å². The molecule has 1 aliphatic rings. The molecule has 69 heavy (non-hydrogen) atoms. The third kappa shape index (κ3) is 24.6. The fourth-order valence-corrected chi connectivity index (χ4v) is 8.62. The van der Waals surface area contributed by atoms with E-state index in [2.05, 4.69) is 16.0 Å². The lowest BCUT2D eigenvalue weighted by Gasteiger charge is -2.29. The molecule has 1 aromatic carbocycles. The van der Waals surface area contributed by atoms with E-state index in [4.69, 9.17) is 43.0 Å². The van der Waals surface area contributed by atoms with Gasteiger partial charge in [-0.15, -0.1) is 11.3 Å². The maximum Gasteiger partial charge on any atom is 0.305 e. The van der Waals surface area contributed by atoms with Crippen molar-refractivity contribution in [2.24, 2.45) is 5.92 Å². The molecular weight excluding hydrogens is 911 g/mol. The van der Waals surface area contributed by atoms with Crippen LogP contribution >= 0.6 is 11.3 Å². The summed E-state index contributed by atoms with van der Waals surface area (Å²) < 4.78 is 46.3. The lowest BCUT2D eigenvalue weighted by molar-refractivity contribution is -0.138. The van der Waals surface area contributed by atoms with Gasteiger partial charge in [-0.05, 0) is 107 Å². The number of anilines is 1. The average Bonchev–Trinajstić information content (AvgIpc) is 3.94. The van der Waals surface area contributed by atoms with Crippen molar-refractivity contribution >= 4 is 50.9 Å². The van der Waals surface area contributed by atoms with E-state index in [0.29, 0.717) is 130 Å². The fraction of sp³-hybridized carbons (Fsp3) is 0.680. The normalized spacial score (nSPS) is 14.9. The van der Waals surface area contributed by atoms with Gasteiger partial charge in [0.05, 0.1) is 122 Å². The number of rotatable bonds is 41. The zero-order valence-electron chi connectivity index (χ0n) is 41.1. The zero-order chi connectivity index (χ0) is 49.2. The van der Waals surface area contributed by atoms with Crippen molar-refractivity contribution < 1.29 is 62.2 Å². The molecule has 1 fully saturated rings. The molecule has 4 N–H and O–H groups in total. The van der Waals surface area contributed by atoms with Crippen LogP contribution in [-0.2, 0) is 58.8 Å². The molecule has 0 saturated heterocycles. The molecule has 0 spiro atoms. The Morgan fingerprint density at radius 2 is 1.28 bits per heavy atom. The Morgan fingerprint density at radius 3 is 1.84 bits per heavy atom. The molecule has 18 nitrogen and oxygen atoms in total. The van der Waals surface area contributed by atoms with Crippen LogP contribution < -0.4 is 20.9 Å². The van der Waals surface area contributed by atoms with E-state index >= 15 is 0 Å². The van der Waals surface area contributed by atoms with Gasteiger partial charge in [0.1, 0.15) is 12.2 Å². The number of hydrogen-bond donors (Lipinski definition) is 4. The van der Waals surface area contributed by atoms with Crippen molar-refractivity contribution in [2.45, 2.75) is 84.2 Å². The van der Waals surface area contributed by atoms with Crippen LogP contribution in [0.4, 0.5) is 5.69 Å². The number of thiophene rings is 1. The van der Waals surface area contributed by atoms with Gasteiger partial charge in [-0.25, -0.2) is 0 Å². The van der Waals surface area contributed by atoms with Gasteiger partial charge in [0.25, 0.3) is 5.91 Å². The third-order valence-electron chi connectivity index (χ3n) is 11.5. The van der Waals surface area contributed by atoms with Crippen LogP contribution in [0.25, 0.3) is 10.2 Å². The Bertz CT molecular complexity index is 1870. The highest BCUT2D eigenvalue weighted by Crippen LogP contribution is 2.28. The Kier molecular flexibility index (Phi) is 30.0. The highest BCUT2D eigenvalue weighted by molar-refractivity contribution is 7.17. The Balaban J connectivity index is 0.878. The number of amides is 3. The molecule has 1 saturated carbocycles. The number of fused-ring (bicyclic) bond motifs is 1. The molecule has 3 aromatic rings. The monoisotopic (exact) mass is 990 g/mol. The maximum absolute atomic E-state index is 13.7. The standard InChI is InChI=1S/C50H79N5O13S/c1-3-54(43-9-7-8-40(2)36-43)48(57)39-55-44-16-35-69-46(44)37-45(55)50(60)53-42-13-11-41(12-14-42)38-51-17-6-4-5-10-47(56)52-18-20-62-22-24-64-26-28-66-30-32-68-34-33-67-31-29-65-27-25-63-23-21-61-19-15-49(58)59/h7-9,16,35-37,41-42,51H,3-6,10-15,17-34,38-39H2,1-2H3,(H,52,56)(H,53,60)(H,58,59). The van der Waals surface area contributed by atoms with E-state index in [1.807, 2.05) is 60.2 Å². The summed E-state index contributed by atoms with van der Waals surface area (Å²) >= 11 is 1.58. The molecule has 1 aliphatic carbocycles. The highest BCUT2D eigenvalue weighted by Gasteiger charge is 2.26. The topological polar surface area (TPSA) is 207 Å². The van der Waals surface area contributed by atoms with Crippen LogP contribution in [0.3, 0.4) is 0 Å². The second-order valence-electron chi connectivity index (χ2n) is 16.9. The van der Waals surface area contributed by atoms with Crippen molar-refractivity contribution in [1.29, 1.82) is 0 Å². The van der Waals surface area contributed by atoms with Gasteiger partial charge in [-0.3, -0.25) is 19.2 Å². The molecule has 2 aromatic heterocycles. The number of carboxylic acids is 1. The minimum Gasteiger partial charge on any atom is -0.481 e. The van der Waals surface area contributed by atoms with Gasteiger partial charge in [0.15, 0.2) is 0 Å². The number of carboxylic acid groups (broad SMARTS) is 1. The van der Waals surface area contributed by atoms with E-state index < -0.39 is 5.97 Å². The van der Waals surface area contributed by atoms with Crippen LogP contribution in [-0.4, -0.2) is 171 Å². The van der Waals surface area contributed by atoms with Gasteiger partial charge in [0, 0.05) is 31.2 Å². The van der Waals surface area contributed by atoms with Crippen molar-refractivity contribution in [3.05, 3.63) is 53.0 Å². The minimum atomic E-state index is -0.880. The second kappa shape index (κ2) is 36.0. The number of nitrogens with zero attached hydrogens (tertiary/aromatic N) is 2. The van der Waals surface area contributed by atoms with Crippen molar-refractivity contribution in [3.8, 4) is 0 Å². The number of carbonyl (C=O) groups excluding carboxylic acids is 3. The first-order valence-electron chi connectivity index (χ1n) is 24.8. The van der Waals surface area contributed by atoms with E-state index in [1.54, 1.807) is 16.2 Å². The molecule has 0 bridgehead atoms. The van der Waals surface area contributed by atoms with Gasteiger partial charge in [-0.1, -0.05) is 18.6 Å². The summed E-state index contributed by atoms with van der Waals surface area (Å²) in [4.78, 5) is 51.7. The Labute approximate surface area is 412 Å². The molecule has 19 heteroatoms. The van der Waals surface area contributed by atoms with E-state index in [9.17, 15) is 19.2 Å². The van der Waals surface area contributed by atoms with Gasteiger partial charge >= 0.3 is 5.97 Å². The number of benzene rings is 1. The Morgan fingerprint density at radius 1 is 0.696 bits per heavy atom. The number of aliphatic carboxylic acids is 1. The van der Waals surface area contributed by atoms with E-state index in [-0.39, 0.29) is 43.3 Å². The highest BCUT2D eigenvalue weighted by atomic mass is 32.1. The second-order valence-corrected chi connectivity index (χ2v) is 17.8. The third-order valence-corrected chi connectivity index (χ3v) is 12.3. The smallest absolute Gasteiger partial charge is 0.305 e. The number of nitrogens with one attached hydrogen (secondary N) is 3. The number of aromatic nitrogens is 1. The Hall–Kier alpha value is -4.02. The number of likely N-dealkylation sites (N-methyl/N-ethyl adjacent to an activating group) is 1. The van der Waals surface area contributed by atoms with E-state index in [1.165, 1.54) is 0 Å². The first-order chi connectivity index (χ1) is 33.7. The predicted molar refractivity (Wildman–Crippen MR) is 265 cm³/mol. The predicted octanol–water partition coefficient (Wildman–Crippen LogP) is 5.23. The molecule has 2 heterocycles. The van der Waals surface area contributed by atoms with Gasteiger partial charge < -0.3 is 68.4 Å². The first-order valence-corrected chi connectivity index (χ1v) is 25.7. The summed E-state index contributed by atoms with van der Waals surface area (Å²) in [6.07, 6.45) is 7.32. The van der Waals surface area contributed by atoms with Crippen LogP contribution in [0.2, 0.25) is 0 Å². The lowest BCUT2D eigenvalue weighted by atomic mass is 9.86. The summed E-state index contributed by atoms with van der Waals surface area (Å²) in [5.74, 6) is -0.428. The van der Waals surface area contributed by atoms with E-state index in [0.717, 1.165) is 79.5 Å². The molecule has 0 atom stereocenters. The van der Waals surface area contributed by atoms with Crippen LogP contribution in [0.1, 0.15) is 80.8 Å². The fourth-order valence-electron chi connectivity index (χ4n) is 7.80. The number of aryl methyl sites for hydroxylation is 1. The lowest BCUT2D eigenvalue weighted by Crippen LogP contribution is -2.40. The average molecular weight is 990 g/mol. The van der Waals surface area contributed by atoms with Crippen molar-refractivity contribution in [2.75, 3.05) is 137 Å². The van der Waals surface area contributed by atoms with Gasteiger partial charge in [0.2, 0.25) is 11.8 Å². The minimum absolute atomic E-state index is 0.0106. The van der Waals surface area contributed by atoms with Crippen molar-refractivity contribution in [3.63, 3.8) is 0 Å². The van der Waals surface area contributed by atoms with Crippen LogP contribution in [0, 0.1) is 12.8 Å². The van der Waals surface area contributed by atoms with Crippen LogP contribution in [0.15, 0.2) is 41.8 Å². The molecule has 0 aliphatic heterocycles.